The Labute approximate surface area is 74.5 Å². The van der Waals surface area contributed by atoms with Gasteiger partial charge in [0.05, 0.1) is 6.00 Å². The number of nitrogens with zero attached hydrogens (tertiary/aromatic N) is 1. The average Bonchev–Trinajstić information content (AvgIpc) is 2.32. The molecule has 0 amide bonds. The van der Waals surface area contributed by atoms with Gasteiger partial charge in [0.2, 0.25) is 0 Å². The van der Waals surface area contributed by atoms with Crippen LogP contribution in [-0.2, 0) is 0 Å². The van der Waals surface area contributed by atoms with Gasteiger partial charge >= 0.3 is 6.18 Å². The van der Waals surface area contributed by atoms with Crippen molar-refractivity contribution in [3.63, 3.8) is 0 Å². The van der Waals surface area contributed by atoms with Crippen LogP contribution in [0.1, 0.15) is 12.8 Å². The number of hydrogen-bond donors (Lipinski definition) is 0. The topological polar surface area (TPSA) is 3.24 Å². The first-order valence-electron chi connectivity index (χ1n) is 3.86. The maximum atomic E-state index is 11.9. The van der Waals surface area contributed by atoms with Gasteiger partial charge in [-0.15, -0.1) is 11.6 Å². The zero-order valence-electron chi connectivity index (χ0n) is 6.57. The molecule has 72 valence electrons. The van der Waals surface area contributed by atoms with Crippen LogP contribution in [0.2, 0.25) is 0 Å². The summed E-state index contributed by atoms with van der Waals surface area (Å²) in [6.07, 6.45) is -4.07. The average molecular weight is 202 g/mol. The quantitative estimate of drug-likeness (QED) is 0.490. The maximum absolute atomic E-state index is 11.9. The molecule has 0 radical (unpaired) electrons. The molecule has 5 heteroatoms. The molecule has 1 nitrogen and oxygen atoms in total. The Morgan fingerprint density at radius 1 is 1.42 bits per heavy atom. The Morgan fingerprint density at radius 2 is 2.08 bits per heavy atom. The van der Waals surface area contributed by atoms with Crippen molar-refractivity contribution in [1.29, 1.82) is 0 Å². The van der Waals surface area contributed by atoms with Crippen LogP contribution in [0.4, 0.5) is 13.2 Å². The largest absolute Gasteiger partial charge is 0.389 e. The molecule has 1 heterocycles. The van der Waals surface area contributed by atoms with Gasteiger partial charge in [-0.3, -0.25) is 4.90 Å². The van der Waals surface area contributed by atoms with Crippen LogP contribution < -0.4 is 0 Å². The second-order valence-corrected chi connectivity index (χ2v) is 3.41. The van der Waals surface area contributed by atoms with Crippen molar-refractivity contribution in [2.24, 2.45) is 5.92 Å². The van der Waals surface area contributed by atoms with Crippen molar-refractivity contribution in [2.75, 3.05) is 19.1 Å². The molecule has 1 fully saturated rings. The molecule has 1 rings (SSSR count). The van der Waals surface area contributed by atoms with E-state index in [-0.39, 0.29) is 5.92 Å². The van der Waals surface area contributed by atoms with Gasteiger partial charge < -0.3 is 0 Å². The molecular weight excluding hydrogens is 191 g/mol. The van der Waals surface area contributed by atoms with Gasteiger partial charge in [-0.05, 0) is 18.9 Å². The second kappa shape index (κ2) is 3.83. The molecule has 0 N–H and O–H groups in total. The zero-order valence-corrected chi connectivity index (χ0v) is 7.33. The Balaban J connectivity index is 2.28. The minimum atomic E-state index is -4.02. The molecule has 1 saturated heterocycles. The van der Waals surface area contributed by atoms with E-state index in [0.29, 0.717) is 25.5 Å². The number of alkyl halides is 4. The van der Waals surface area contributed by atoms with E-state index in [4.69, 9.17) is 11.6 Å². The summed E-state index contributed by atoms with van der Waals surface area (Å²) < 4.78 is 35.7. The van der Waals surface area contributed by atoms with Gasteiger partial charge in [-0.1, -0.05) is 0 Å². The van der Waals surface area contributed by atoms with Crippen LogP contribution >= 0.6 is 11.6 Å². The highest BCUT2D eigenvalue weighted by molar-refractivity contribution is 6.17. The van der Waals surface area contributed by atoms with E-state index in [9.17, 15) is 13.2 Å². The lowest BCUT2D eigenvalue weighted by Gasteiger charge is -2.13. The van der Waals surface area contributed by atoms with Crippen LogP contribution in [-0.4, -0.2) is 30.2 Å². The molecule has 12 heavy (non-hydrogen) atoms. The standard InChI is InChI=1S/C7H11ClF3N/c8-5-12-2-1-6(4-12)3-7(9,10)11/h6H,1-5H2. The molecule has 0 aromatic carbocycles. The lowest BCUT2D eigenvalue weighted by atomic mass is 10.1. The lowest BCUT2D eigenvalue weighted by molar-refractivity contribution is -0.143. The predicted octanol–water partition coefficient (Wildman–Crippen LogP) is 2.46. The summed E-state index contributed by atoms with van der Waals surface area (Å²) >= 11 is 5.49. The van der Waals surface area contributed by atoms with Gasteiger partial charge in [-0.2, -0.15) is 13.2 Å². The molecule has 0 aromatic rings. The third-order valence-corrected chi connectivity index (χ3v) is 2.40. The van der Waals surface area contributed by atoms with Crippen LogP contribution in [0.25, 0.3) is 0 Å². The van der Waals surface area contributed by atoms with Gasteiger partial charge in [-0.25, -0.2) is 0 Å². The molecule has 1 atom stereocenters. The van der Waals surface area contributed by atoms with E-state index in [0.717, 1.165) is 0 Å². The summed E-state index contributed by atoms with van der Waals surface area (Å²) in [5.41, 5.74) is 0. The summed E-state index contributed by atoms with van der Waals surface area (Å²) in [4.78, 5) is 1.83. The van der Waals surface area contributed by atoms with Crippen molar-refractivity contribution >= 4 is 11.6 Å². The molecule has 0 saturated carbocycles. The van der Waals surface area contributed by atoms with E-state index in [1.54, 1.807) is 0 Å². The summed E-state index contributed by atoms with van der Waals surface area (Å²) in [6, 6.07) is 0.342. The monoisotopic (exact) mass is 201 g/mol. The zero-order chi connectivity index (χ0) is 9.19. The van der Waals surface area contributed by atoms with Gasteiger partial charge in [0, 0.05) is 13.0 Å². The third kappa shape index (κ3) is 3.19. The smallest absolute Gasteiger partial charge is 0.290 e. The van der Waals surface area contributed by atoms with Crippen molar-refractivity contribution < 1.29 is 13.2 Å². The van der Waals surface area contributed by atoms with Gasteiger partial charge in [0.15, 0.2) is 0 Å². The molecular formula is C7H11ClF3N. The van der Waals surface area contributed by atoms with E-state index in [2.05, 4.69) is 0 Å². The molecule has 1 unspecified atom stereocenters. The number of rotatable bonds is 2. The molecule has 1 aliphatic heterocycles. The first-order chi connectivity index (χ1) is 5.51. The number of likely N-dealkylation sites (tertiary alicyclic amines) is 1. The fraction of sp³-hybridized carbons (Fsp3) is 1.00. The molecule has 1 aliphatic rings. The Hall–Kier alpha value is 0.0400. The minimum Gasteiger partial charge on any atom is -0.290 e. The molecule has 0 spiro atoms. The van der Waals surface area contributed by atoms with Crippen molar-refractivity contribution in [3.8, 4) is 0 Å². The summed E-state index contributed by atoms with van der Waals surface area (Å²) in [5, 5.41) is 0. The first kappa shape index (κ1) is 10.1. The van der Waals surface area contributed by atoms with Crippen LogP contribution in [0.15, 0.2) is 0 Å². The Morgan fingerprint density at radius 3 is 2.50 bits per heavy atom. The molecule has 0 bridgehead atoms. The minimum absolute atomic E-state index is 0.247. The fourth-order valence-electron chi connectivity index (χ4n) is 1.52. The first-order valence-corrected chi connectivity index (χ1v) is 4.40. The summed E-state index contributed by atoms with van der Waals surface area (Å²) in [7, 11) is 0. The highest BCUT2D eigenvalue weighted by atomic mass is 35.5. The van der Waals surface area contributed by atoms with Gasteiger partial charge in [0.1, 0.15) is 0 Å². The number of hydrogen-bond acceptors (Lipinski definition) is 1. The Kier molecular flexibility index (Phi) is 3.23. The SMILES string of the molecule is FC(F)(F)CC1CCN(CCl)C1. The highest BCUT2D eigenvalue weighted by Crippen LogP contribution is 2.30. The fourth-order valence-corrected chi connectivity index (χ4v) is 1.73. The van der Waals surface area contributed by atoms with Crippen LogP contribution in [0, 0.1) is 5.92 Å². The predicted molar refractivity (Wildman–Crippen MR) is 41.1 cm³/mol. The van der Waals surface area contributed by atoms with E-state index >= 15 is 0 Å². The lowest BCUT2D eigenvalue weighted by Crippen LogP contribution is -2.21. The highest BCUT2D eigenvalue weighted by Gasteiger charge is 2.34. The van der Waals surface area contributed by atoms with Crippen molar-refractivity contribution in [1.82, 2.24) is 4.90 Å². The molecule has 0 aromatic heterocycles. The van der Waals surface area contributed by atoms with Crippen molar-refractivity contribution in [2.45, 2.75) is 19.0 Å². The van der Waals surface area contributed by atoms with Crippen molar-refractivity contribution in [3.05, 3.63) is 0 Å². The number of halogens is 4. The van der Waals surface area contributed by atoms with Crippen LogP contribution in [0.3, 0.4) is 0 Å². The maximum Gasteiger partial charge on any atom is 0.389 e. The second-order valence-electron chi connectivity index (χ2n) is 3.17. The Bertz CT molecular complexity index is 148. The van der Waals surface area contributed by atoms with E-state index < -0.39 is 12.6 Å². The summed E-state index contributed by atoms with van der Waals surface area (Å²) in [5.74, 6) is -0.247. The summed E-state index contributed by atoms with van der Waals surface area (Å²) in [6.45, 7) is 1.19. The van der Waals surface area contributed by atoms with E-state index in [1.807, 2.05) is 4.90 Å². The normalized spacial score (nSPS) is 26.5. The van der Waals surface area contributed by atoms with E-state index in [1.165, 1.54) is 0 Å². The van der Waals surface area contributed by atoms with Gasteiger partial charge in [0.25, 0.3) is 0 Å². The van der Waals surface area contributed by atoms with Crippen LogP contribution in [0.5, 0.6) is 0 Å². The third-order valence-electron chi connectivity index (χ3n) is 2.06. The molecule has 0 aliphatic carbocycles.